The molecule has 0 radical (unpaired) electrons. The number of hydrogen-bond donors (Lipinski definition) is 2. The van der Waals surface area contributed by atoms with E-state index in [1.54, 1.807) is 32.1 Å². The molecule has 2 heterocycles. The fraction of sp³-hybridized carbons (Fsp3) is 0.667. The van der Waals surface area contributed by atoms with Crippen LogP contribution in [0.4, 0.5) is 0 Å². The van der Waals surface area contributed by atoms with Gasteiger partial charge in [0.15, 0.2) is 0 Å². The number of aromatic nitrogens is 1. The molecule has 0 aromatic carbocycles. The first kappa shape index (κ1) is 28.4. The Morgan fingerprint density at radius 3 is 2.53 bits per heavy atom. The number of cyclic esters (lactones) is 1. The molecule has 1 aliphatic rings. The zero-order valence-corrected chi connectivity index (χ0v) is 22.4. The van der Waals surface area contributed by atoms with E-state index in [0.717, 1.165) is 35.5 Å². The lowest BCUT2D eigenvalue weighted by atomic mass is 9.73. The van der Waals surface area contributed by atoms with Crippen LogP contribution in [-0.2, 0) is 14.3 Å². The lowest BCUT2D eigenvalue weighted by molar-refractivity contribution is -0.154. The van der Waals surface area contributed by atoms with Gasteiger partial charge in [-0.3, -0.25) is 9.59 Å². The van der Waals surface area contributed by atoms with E-state index in [1.165, 1.54) is 5.57 Å². The Morgan fingerprint density at radius 2 is 1.91 bits per heavy atom. The number of aliphatic hydroxyl groups excluding tert-OH is 2. The van der Waals surface area contributed by atoms with Crippen LogP contribution in [0.2, 0.25) is 0 Å². The Balaban J connectivity index is 2.33. The van der Waals surface area contributed by atoms with Crippen LogP contribution in [0.15, 0.2) is 22.6 Å². The maximum Gasteiger partial charge on any atom is 0.309 e. The number of allylic oxidation sites excluding steroid dienone is 1. The number of hydrogen-bond acceptors (Lipinski definition) is 7. The molecule has 6 nitrogen and oxygen atoms in total. The number of aryl methyl sites for hydroxylation is 1. The van der Waals surface area contributed by atoms with E-state index in [2.05, 4.69) is 18.0 Å². The van der Waals surface area contributed by atoms with Crippen molar-refractivity contribution in [1.29, 1.82) is 0 Å². The zero-order valence-electron chi connectivity index (χ0n) is 21.6. The van der Waals surface area contributed by atoms with E-state index in [1.807, 2.05) is 32.2 Å². The average Bonchev–Trinajstić information content (AvgIpc) is 3.18. The highest BCUT2D eigenvalue weighted by Crippen LogP contribution is 2.32. The number of esters is 1. The Morgan fingerprint density at radius 1 is 1.24 bits per heavy atom. The number of carbonyl (C=O) groups excluding carboxylic acids is 2. The van der Waals surface area contributed by atoms with Crippen LogP contribution in [0, 0.1) is 24.2 Å². The summed E-state index contributed by atoms with van der Waals surface area (Å²) < 4.78 is 5.81. The first-order valence-corrected chi connectivity index (χ1v) is 13.1. The number of aliphatic hydroxyl groups is 2. The fourth-order valence-electron chi connectivity index (χ4n) is 4.40. The minimum atomic E-state index is -1.21. The Kier molecular flexibility index (Phi) is 10.2. The summed E-state index contributed by atoms with van der Waals surface area (Å²) >= 11 is 1.56. The highest BCUT2D eigenvalue weighted by molar-refractivity contribution is 7.09. The molecular weight excluding hydrogens is 450 g/mol. The highest BCUT2D eigenvalue weighted by atomic mass is 32.1. The van der Waals surface area contributed by atoms with Crippen molar-refractivity contribution in [3.63, 3.8) is 0 Å². The molecule has 2 N–H and O–H groups in total. The maximum atomic E-state index is 13.2. The fourth-order valence-corrected chi connectivity index (χ4v) is 4.97. The van der Waals surface area contributed by atoms with Crippen LogP contribution < -0.4 is 0 Å². The SMILES string of the molecule is C/C1=C/C[C@@H](/C(C)=C/c2csc(C)n2)OC(=O)C[C@@H](O)C(C)(C)C(=O)[C@@H](C)[C@@H](O)[C@@H](C)CCC1. The van der Waals surface area contributed by atoms with Crippen molar-refractivity contribution >= 4 is 29.2 Å². The minimum Gasteiger partial charge on any atom is -0.457 e. The predicted molar refractivity (Wildman–Crippen MR) is 136 cm³/mol. The van der Waals surface area contributed by atoms with E-state index < -0.39 is 35.6 Å². The standard InChI is InChI=1S/C27H41NO5S/c1-16-9-8-10-17(2)25(31)19(4)26(32)27(6,7)23(29)14-24(30)33-22(12-11-16)18(3)13-21-15-34-20(5)28-21/h11,13,15,17,19,22-23,25,29,31H,8-10,12,14H2,1-7H3/b16-11-,18-13+/t17-,19-,22-,23+,25-/m0/s1. The smallest absolute Gasteiger partial charge is 0.309 e. The highest BCUT2D eigenvalue weighted by Gasteiger charge is 2.42. The second kappa shape index (κ2) is 12.2. The van der Waals surface area contributed by atoms with Crippen molar-refractivity contribution in [3.8, 4) is 0 Å². The number of ether oxygens (including phenoxy) is 1. The molecule has 34 heavy (non-hydrogen) atoms. The summed E-state index contributed by atoms with van der Waals surface area (Å²) in [6, 6.07) is 0. The maximum absolute atomic E-state index is 13.2. The predicted octanol–water partition coefficient (Wildman–Crippen LogP) is 5.27. The van der Waals surface area contributed by atoms with Crippen LogP contribution in [0.1, 0.15) is 84.3 Å². The van der Waals surface area contributed by atoms with Crippen molar-refractivity contribution in [2.75, 3.05) is 0 Å². The summed E-state index contributed by atoms with van der Waals surface area (Å²) in [4.78, 5) is 30.5. The molecule has 0 bridgehead atoms. The number of rotatable bonds is 2. The summed E-state index contributed by atoms with van der Waals surface area (Å²) in [7, 11) is 0. The third-order valence-electron chi connectivity index (χ3n) is 7.04. The molecule has 190 valence electrons. The van der Waals surface area contributed by atoms with Gasteiger partial charge in [0.25, 0.3) is 0 Å². The van der Waals surface area contributed by atoms with Crippen molar-refractivity contribution < 1.29 is 24.5 Å². The van der Waals surface area contributed by atoms with Crippen molar-refractivity contribution in [1.82, 2.24) is 4.98 Å². The molecule has 1 aromatic heterocycles. The van der Waals surface area contributed by atoms with Gasteiger partial charge in [-0.2, -0.15) is 0 Å². The van der Waals surface area contributed by atoms with Crippen molar-refractivity contribution in [3.05, 3.63) is 33.3 Å². The van der Waals surface area contributed by atoms with Gasteiger partial charge in [-0.25, -0.2) is 4.98 Å². The van der Waals surface area contributed by atoms with Gasteiger partial charge in [-0.15, -0.1) is 11.3 Å². The summed E-state index contributed by atoms with van der Waals surface area (Å²) in [5, 5.41) is 24.5. The molecule has 1 aromatic rings. The Labute approximate surface area is 208 Å². The van der Waals surface area contributed by atoms with E-state index >= 15 is 0 Å². The van der Waals surface area contributed by atoms with Gasteiger partial charge in [0.1, 0.15) is 11.9 Å². The molecule has 0 amide bonds. The Hall–Kier alpha value is -1.83. The topological polar surface area (TPSA) is 96.7 Å². The van der Waals surface area contributed by atoms with Crippen LogP contribution in [-0.4, -0.2) is 45.3 Å². The first-order chi connectivity index (χ1) is 15.8. The monoisotopic (exact) mass is 491 g/mol. The van der Waals surface area contributed by atoms with Gasteiger partial charge in [-0.05, 0) is 57.6 Å². The molecule has 1 aliphatic heterocycles. The third kappa shape index (κ3) is 7.59. The van der Waals surface area contributed by atoms with Gasteiger partial charge >= 0.3 is 5.97 Å². The summed E-state index contributed by atoms with van der Waals surface area (Å²) in [6.07, 6.45) is 4.33. The van der Waals surface area contributed by atoms with E-state index in [-0.39, 0.29) is 18.1 Å². The lowest BCUT2D eigenvalue weighted by Gasteiger charge is -2.34. The molecule has 0 unspecified atom stereocenters. The zero-order chi connectivity index (χ0) is 25.6. The van der Waals surface area contributed by atoms with Crippen molar-refractivity contribution in [2.45, 2.75) is 98.9 Å². The van der Waals surface area contributed by atoms with Crippen molar-refractivity contribution in [2.24, 2.45) is 17.3 Å². The quantitative estimate of drug-likeness (QED) is 0.432. The third-order valence-corrected chi connectivity index (χ3v) is 7.83. The number of ketones is 1. The van der Waals surface area contributed by atoms with E-state index in [9.17, 15) is 19.8 Å². The molecule has 5 atom stereocenters. The molecule has 0 aliphatic carbocycles. The number of carbonyl (C=O) groups is 2. The molecule has 2 rings (SSSR count). The summed E-state index contributed by atoms with van der Waals surface area (Å²) in [6.45, 7) is 12.8. The average molecular weight is 492 g/mol. The number of Topliss-reactive ketones (excluding diaryl/α,β-unsaturated/α-hetero) is 1. The first-order valence-electron chi connectivity index (χ1n) is 12.2. The van der Waals surface area contributed by atoms with Crippen LogP contribution in [0.5, 0.6) is 0 Å². The molecular formula is C27H41NO5S. The van der Waals surface area contributed by atoms with E-state index in [4.69, 9.17) is 4.74 Å². The van der Waals surface area contributed by atoms with Crippen LogP contribution in [0.25, 0.3) is 6.08 Å². The Bertz CT molecular complexity index is 916. The van der Waals surface area contributed by atoms with Crippen LogP contribution >= 0.6 is 11.3 Å². The minimum absolute atomic E-state index is 0.0444. The van der Waals surface area contributed by atoms with E-state index in [0.29, 0.717) is 6.42 Å². The second-order valence-corrected chi connectivity index (χ2v) is 11.5. The number of thiazole rings is 1. The van der Waals surface area contributed by atoms with Crippen LogP contribution in [0.3, 0.4) is 0 Å². The van der Waals surface area contributed by atoms with Gasteiger partial charge in [0, 0.05) is 17.7 Å². The molecule has 0 saturated carbocycles. The number of nitrogens with zero attached hydrogens (tertiary/aromatic N) is 1. The van der Waals surface area contributed by atoms with Gasteiger partial charge in [-0.1, -0.05) is 39.3 Å². The summed E-state index contributed by atoms with van der Waals surface area (Å²) in [5.74, 6) is -1.49. The molecule has 0 fully saturated rings. The largest absolute Gasteiger partial charge is 0.457 e. The normalized spacial score (nSPS) is 32.1. The lowest BCUT2D eigenvalue weighted by Crippen LogP contribution is -2.45. The summed E-state index contributed by atoms with van der Waals surface area (Å²) in [5.41, 5.74) is 1.71. The van der Waals surface area contributed by atoms with Gasteiger partial charge in [0.2, 0.25) is 0 Å². The molecule has 7 heteroatoms. The van der Waals surface area contributed by atoms with Gasteiger partial charge in [0.05, 0.1) is 34.7 Å². The second-order valence-electron chi connectivity index (χ2n) is 10.4. The molecule has 0 saturated heterocycles. The molecule has 0 spiro atoms. The van der Waals surface area contributed by atoms with Gasteiger partial charge < -0.3 is 14.9 Å².